The van der Waals surface area contributed by atoms with Gasteiger partial charge in [-0.05, 0) is 36.1 Å². The molecule has 0 amide bonds. The number of halogens is 1. The van der Waals surface area contributed by atoms with Gasteiger partial charge in [-0.1, -0.05) is 38.3 Å². The standard InChI is InChI=1S/C14H23ClN2O2S/c1-11(2)5-3-4-8-17-20(18,19)13-6-7-14(15)12(9-13)10-16/h6-7,9,11,17H,3-5,8,10,16H2,1-2H3. The van der Waals surface area contributed by atoms with Crippen LogP contribution in [0.4, 0.5) is 0 Å². The predicted octanol–water partition coefficient (Wildman–Crippen LogP) is 2.90. The summed E-state index contributed by atoms with van der Waals surface area (Å²) in [5, 5.41) is 0.489. The zero-order chi connectivity index (χ0) is 15.2. The van der Waals surface area contributed by atoms with Crippen LogP contribution in [0.25, 0.3) is 0 Å². The van der Waals surface area contributed by atoms with Crippen molar-refractivity contribution in [1.82, 2.24) is 4.72 Å². The van der Waals surface area contributed by atoms with E-state index in [1.165, 1.54) is 12.1 Å². The Bertz CT molecular complexity index is 530. The van der Waals surface area contributed by atoms with Crippen molar-refractivity contribution in [3.05, 3.63) is 28.8 Å². The molecule has 0 spiro atoms. The molecule has 1 aromatic rings. The van der Waals surface area contributed by atoms with Crippen LogP contribution in [0.1, 0.15) is 38.7 Å². The number of nitrogens with two attached hydrogens (primary N) is 1. The van der Waals surface area contributed by atoms with Crippen molar-refractivity contribution in [2.75, 3.05) is 6.54 Å². The van der Waals surface area contributed by atoms with Crippen LogP contribution in [0.5, 0.6) is 0 Å². The Kier molecular flexibility index (Phi) is 6.95. The molecule has 1 rings (SSSR count). The highest BCUT2D eigenvalue weighted by atomic mass is 35.5. The second-order valence-corrected chi connectivity index (χ2v) is 7.42. The number of hydrogen-bond acceptors (Lipinski definition) is 3. The fourth-order valence-corrected chi connectivity index (χ4v) is 3.16. The first-order valence-electron chi connectivity index (χ1n) is 6.85. The molecule has 0 atom stereocenters. The zero-order valence-corrected chi connectivity index (χ0v) is 13.6. The highest BCUT2D eigenvalue weighted by Gasteiger charge is 2.14. The molecule has 0 heterocycles. The summed E-state index contributed by atoms with van der Waals surface area (Å²) in [4.78, 5) is 0.214. The topological polar surface area (TPSA) is 72.2 Å². The number of rotatable bonds is 8. The number of sulfonamides is 1. The fraction of sp³-hybridized carbons (Fsp3) is 0.571. The van der Waals surface area contributed by atoms with E-state index in [-0.39, 0.29) is 11.4 Å². The first-order chi connectivity index (χ1) is 9.36. The minimum absolute atomic E-state index is 0.214. The van der Waals surface area contributed by atoms with Gasteiger partial charge in [0, 0.05) is 18.1 Å². The molecule has 3 N–H and O–H groups in total. The Morgan fingerprint density at radius 3 is 2.60 bits per heavy atom. The molecule has 0 radical (unpaired) electrons. The van der Waals surface area contributed by atoms with Gasteiger partial charge < -0.3 is 5.73 Å². The highest BCUT2D eigenvalue weighted by molar-refractivity contribution is 7.89. The Morgan fingerprint density at radius 1 is 1.30 bits per heavy atom. The predicted molar refractivity (Wildman–Crippen MR) is 83.2 cm³/mol. The van der Waals surface area contributed by atoms with Crippen LogP contribution in [-0.2, 0) is 16.6 Å². The largest absolute Gasteiger partial charge is 0.326 e. The van der Waals surface area contributed by atoms with E-state index < -0.39 is 10.0 Å². The van der Waals surface area contributed by atoms with E-state index in [0.29, 0.717) is 23.0 Å². The first kappa shape index (κ1) is 17.4. The first-order valence-corrected chi connectivity index (χ1v) is 8.71. The second-order valence-electron chi connectivity index (χ2n) is 5.24. The molecule has 0 aromatic heterocycles. The SMILES string of the molecule is CC(C)CCCCNS(=O)(=O)c1ccc(Cl)c(CN)c1. The molecule has 1 aromatic carbocycles. The lowest BCUT2D eigenvalue weighted by molar-refractivity contribution is 0.530. The van der Waals surface area contributed by atoms with Gasteiger partial charge in [0.05, 0.1) is 4.90 Å². The van der Waals surface area contributed by atoms with Crippen molar-refractivity contribution in [2.24, 2.45) is 11.7 Å². The lowest BCUT2D eigenvalue weighted by atomic mass is 10.1. The Balaban J connectivity index is 2.60. The van der Waals surface area contributed by atoms with Gasteiger partial charge in [0.1, 0.15) is 0 Å². The van der Waals surface area contributed by atoms with E-state index >= 15 is 0 Å². The Morgan fingerprint density at radius 2 is 2.00 bits per heavy atom. The molecule has 114 valence electrons. The van der Waals surface area contributed by atoms with Gasteiger partial charge in [0.15, 0.2) is 0 Å². The quantitative estimate of drug-likeness (QED) is 0.724. The van der Waals surface area contributed by atoms with Crippen LogP contribution in [0.15, 0.2) is 23.1 Å². The van der Waals surface area contributed by atoms with Crippen molar-refractivity contribution >= 4 is 21.6 Å². The van der Waals surface area contributed by atoms with E-state index in [0.717, 1.165) is 19.3 Å². The summed E-state index contributed by atoms with van der Waals surface area (Å²) in [7, 11) is -3.47. The molecular weight excluding hydrogens is 296 g/mol. The molecule has 0 unspecified atom stereocenters. The maximum atomic E-state index is 12.1. The third-order valence-corrected chi connectivity index (χ3v) is 4.88. The van der Waals surface area contributed by atoms with E-state index in [1.54, 1.807) is 6.07 Å². The van der Waals surface area contributed by atoms with Gasteiger partial charge in [-0.2, -0.15) is 0 Å². The van der Waals surface area contributed by atoms with Crippen molar-refractivity contribution in [2.45, 2.75) is 44.6 Å². The van der Waals surface area contributed by atoms with Gasteiger partial charge in [0.25, 0.3) is 0 Å². The summed E-state index contributed by atoms with van der Waals surface area (Å²) in [6.07, 6.45) is 2.98. The summed E-state index contributed by atoms with van der Waals surface area (Å²) >= 11 is 5.93. The lowest BCUT2D eigenvalue weighted by Crippen LogP contribution is -2.25. The average molecular weight is 319 g/mol. The maximum Gasteiger partial charge on any atom is 0.240 e. The summed E-state index contributed by atoms with van der Waals surface area (Å²) in [5.41, 5.74) is 6.16. The van der Waals surface area contributed by atoms with E-state index in [2.05, 4.69) is 18.6 Å². The van der Waals surface area contributed by atoms with Crippen molar-refractivity contribution in [3.63, 3.8) is 0 Å². The number of hydrogen-bond donors (Lipinski definition) is 2. The van der Waals surface area contributed by atoms with Crippen molar-refractivity contribution in [3.8, 4) is 0 Å². The van der Waals surface area contributed by atoms with Gasteiger partial charge in [-0.3, -0.25) is 0 Å². The van der Waals surface area contributed by atoms with Gasteiger partial charge >= 0.3 is 0 Å². The second kappa shape index (κ2) is 7.98. The molecule has 6 heteroatoms. The van der Waals surface area contributed by atoms with Gasteiger partial charge in [-0.25, -0.2) is 13.1 Å². The number of nitrogens with one attached hydrogen (secondary N) is 1. The molecule has 0 bridgehead atoms. The van der Waals surface area contributed by atoms with Crippen LogP contribution < -0.4 is 10.5 Å². The lowest BCUT2D eigenvalue weighted by Gasteiger charge is -2.09. The van der Waals surface area contributed by atoms with E-state index in [9.17, 15) is 8.42 Å². The minimum Gasteiger partial charge on any atom is -0.326 e. The molecule has 4 nitrogen and oxygen atoms in total. The monoisotopic (exact) mass is 318 g/mol. The molecule has 0 aliphatic carbocycles. The van der Waals surface area contributed by atoms with E-state index in [4.69, 9.17) is 17.3 Å². The summed E-state index contributed by atoms with van der Waals surface area (Å²) in [5.74, 6) is 0.648. The number of unbranched alkanes of at least 4 members (excludes halogenated alkanes) is 1. The van der Waals surface area contributed by atoms with Crippen LogP contribution in [0, 0.1) is 5.92 Å². The molecule has 20 heavy (non-hydrogen) atoms. The molecular formula is C14H23ClN2O2S. The summed E-state index contributed by atoms with van der Waals surface area (Å²) in [6.45, 7) is 4.99. The molecule has 0 fully saturated rings. The average Bonchev–Trinajstić information content (AvgIpc) is 2.38. The van der Waals surface area contributed by atoms with Crippen LogP contribution in [0.3, 0.4) is 0 Å². The molecule has 0 saturated heterocycles. The fourth-order valence-electron chi connectivity index (χ4n) is 1.84. The molecule has 0 saturated carbocycles. The normalized spacial score (nSPS) is 12.1. The third kappa shape index (κ3) is 5.40. The van der Waals surface area contributed by atoms with Gasteiger partial charge in [-0.15, -0.1) is 0 Å². The number of benzene rings is 1. The molecule has 0 aliphatic rings. The van der Waals surface area contributed by atoms with E-state index in [1.807, 2.05) is 0 Å². The van der Waals surface area contributed by atoms with Gasteiger partial charge in [0.2, 0.25) is 10.0 Å². The van der Waals surface area contributed by atoms with Crippen molar-refractivity contribution < 1.29 is 8.42 Å². The Hall–Kier alpha value is -0.620. The molecule has 0 aliphatic heterocycles. The maximum absolute atomic E-state index is 12.1. The summed E-state index contributed by atoms with van der Waals surface area (Å²) < 4.78 is 26.8. The van der Waals surface area contributed by atoms with Crippen LogP contribution in [-0.4, -0.2) is 15.0 Å². The Labute approximate surface area is 126 Å². The zero-order valence-electron chi connectivity index (χ0n) is 12.0. The van der Waals surface area contributed by atoms with Crippen molar-refractivity contribution in [1.29, 1.82) is 0 Å². The highest BCUT2D eigenvalue weighted by Crippen LogP contribution is 2.20. The van der Waals surface area contributed by atoms with Crippen LogP contribution in [0.2, 0.25) is 5.02 Å². The van der Waals surface area contributed by atoms with Crippen LogP contribution >= 0.6 is 11.6 Å². The summed E-state index contributed by atoms with van der Waals surface area (Å²) in [6, 6.07) is 4.59. The smallest absolute Gasteiger partial charge is 0.240 e. The minimum atomic E-state index is -3.47. The third-order valence-electron chi connectivity index (χ3n) is 3.05.